The monoisotopic (exact) mass is 429 g/mol. The van der Waals surface area contributed by atoms with Crippen LogP contribution < -0.4 is 5.32 Å². The number of rotatable bonds is 4. The number of anilines is 1. The third-order valence-electron chi connectivity index (χ3n) is 3.87. The largest absolute Gasteiger partial charge is 0.445 e. The van der Waals surface area contributed by atoms with Crippen molar-refractivity contribution in [1.82, 2.24) is 19.3 Å². The summed E-state index contributed by atoms with van der Waals surface area (Å²) in [5.41, 5.74) is 3.38. The minimum atomic E-state index is -1.68. The minimum absolute atomic E-state index is 0.169. The molecular formula is C17H18Cl3N5O2. The maximum atomic E-state index is 12.1. The van der Waals surface area contributed by atoms with Crippen molar-refractivity contribution in [3.8, 4) is 5.69 Å². The Morgan fingerprint density at radius 2 is 2.04 bits per heavy atom. The van der Waals surface area contributed by atoms with E-state index in [4.69, 9.17) is 39.5 Å². The van der Waals surface area contributed by atoms with Gasteiger partial charge in [0.1, 0.15) is 12.4 Å². The predicted molar refractivity (Wildman–Crippen MR) is 107 cm³/mol. The molecule has 0 aliphatic carbocycles. The molecule has 0 aliphatic heterocycles. The zero-order valence-electron chi connectivity index (χ0n) is 14.9. The van der Waals surface area contributed by atoms with E-state index in [1.54, 1.807) is 17.1 Å². The fourth-order valence-electron chi connectivity index (χ4n) is 2.51. The summed E-state index contributed by atoms with van der Waals surface area (Å²) in [6.07, 6.45) is 1.00. The van der Waals surface area contributed by atoms with Crippen molar-refractivity contribution in [2.75, 3.05) is 11.9 Å². The second-order valence-corrected chi connectivity index (χ2v) is 8.88. The van der Waals surface area contributed by atoms with Gasteiger partial charge in [-0.25, -0.2) is 14.5 Å². The molecule has 0 fully saturated rings. The number of carbonyl (C=O) groups is 1. The second kappa shape index (κ2) is 7.58. The summed E-state index contributed by atoms with van der Waals surface area (Å²) in [4.78, 5) is 16.4. The molecule has 1 aromatic carbocycles. The standard InChI is InChI=1S/C17H18Cl3N5O2/c1-10(2)12-7-15(22-16(26)27-8-17(18,19)20)25(23-12)11-4-5-14-13(6-11)21-9-24(14)3/h4-7,9-10H,8H2,1-3H3,(H,22,26). The first kappa shape index (κ1) is 19.8. The highest BCUT2D eigenvalue weighted by Crippen LogP contribution is 2.27. The maximum absolute atomic E-state index is 12.1. The summed E-state index contributed by atoms with van der Waals surface area (Å²) in [5, 5.41) is 7.24. The number of nitrogens with zero attached hydrogens (tertiary/aromatic N) is 4. The van der Waals surface area contributed by atoms with Crippen LogP contribution in [-0.2, 0) is 11.8 Å². The van der Waals surface area contributed by atoms with Crippen LogP contribution in [0.25, 0.3) is 16.7 Å². The Hall–Kier alpha value is -1.96. The summed E-state index contributed by atoms with van der Waals surface area (Å²) >= 11 is 16.8. The van der Waals surface area contributed by atoms with Crippen molar-refractivity contribution < 1.29 is 9.53 Å². The van der Waals surface area contributed by atoms with E-state index in [0.717, 1.165) is 22.4 Å². The van der Waals surface area contributed by atoms with Crippen molar-refractivity contribution >= 4 is 57.7 Å². The van der Waals surface area contributed by atoms with E-state index in [2.05, 4.69) is 15.4 Å². The van der Waals surface area contributed by atoms with Gasteiger partial charge in [0.25, 0.3) is 0 Å². The molecule has 3 aromatic rings. The Bertz CT molecular complexity index is 975. The van der Waals surface area contributed by atoms with Crippen LogP contribution in [0.2, 0.25) is 0 Å². The molecule has 0 bridgehead atoms. The van der Waals surface area contributed by atoms with E-state index < -0.39 is 9.89 Å². The molecule has 2 aromatic heterocycles. The quantitative estimate of drug-likeness (QED) is 0.603. The molecule has 10 heteroatoms. The highest BCUT2D eigenvalue weighted by atomic mass is 35.6. The lowest BCUT2D eigenvalue weighted by Crippen LogP contribution is -2.22. The van der Waals surface area contributed by atoms with Gasteiger partial charge < -0.3 is 9.30 Å². The first-order chi connectivity index (χ1) is 12.6. The molecular weight excluding hydrogens is 413 g/mol. The van der Waals surface area contributed by atoms with E-state index in [9.17, 15) is 4.79 Å². The molecule has 0 atom stereocenters. The number of carbonyl (C=O) groups excluding carboxylic acids is 1. The summed E-state index contributed by atoms with van der Waals surface area (Å²) in [6.45, 7) is 3.66. The number of amides is 1. The van der Waals surface area contributed by atoms with Crippen LogP contribution in [0, 0.1) is 0 Å². The molecule has 0 unspecified atom stereocenters. The summed E-state index contributed by atoms with van der Waals surface area (Å²) < 4.78 is 6.82. The van der Waals surface area contributed by atoms with Crippen LogP contribution in [0.5, 0.6) is 0 Å². The van der Waals surface area contributed by atoms with Gasteiger partial charge in [-0.2, -0.15) is 5.10 Å². The number of hydrogen-bond donors (Lipinski definition) is 1. The molecule has 1 N–H and O–H groups in total. The number of imidazole rings is 1. The normalized spacial score (nSPS) is 12.0. The van der Waals surface area contributed by atoms with Crippen LogP contribution >= 0.6 is 34.8 Å². The van der Waals surface area contributed by atoms with Gasteiger partial charge in [0.2, 0.25) is 3.79 Å². The SMILES string of the molecule is CC(C)c1cc(NC(=O)OCC(Cl)(Cl)Cl)n(-c2ccc3c(c2)ncn3C)n1. The van der Waals surface area contributed by atoms with Crippen LogP contribution in [0.15, 0.2) is 30.6 Å². The number of fused-ring (bicyclic) bond motifs is 1. The second-order valence-electron chi connectivity index (χ2n) is 6.37. The van der Waals surface area contributed by atoms with Crippen LogP contribution in [0.3, 0.4) is 0 Å². The lowest BCUT2D eigenvalue weighted by molar-refractivity contribution is 0.163. The van der Waals surface area contributed by atoms with Crippen molar-refractivity contribution in [3.63, 3.8) is 0 Å². The van der Waals surface area contributed by atoms with Gasteiger partial charge in [0.05, 0.1) is 28.7 Å². The first-order valence-electron chi connectivity index (χ1n) is 8.16. The number of halogens is 3. The maximum Gasteiger partial charge on any atom is 0.412 e. The molecule has 0 aliphatic rings. The average Bonchev–Trinajstić information content (AvgIpc) is 3.16. The van der Waals surface area contributed by atoms with Gasteiger partial charge in [0.15, 0.2) is 0 Å². The molecule has 0 saturated carbocycles. The minimum Gasteiger partial charge on any atom is -0.445 e. The van der Waals surface area contributed by atoms with Crippen LogP contribution in [-0.4, -0.2) is 35.8 Å². The first-order valence-corrected chi connectivity index (χ1v) is 9.29. The van der Waals surface area contributed by atoms with Crippen LogP contribution in [0.4, 0.5) is 10.6 Å². The molecule has 0 saturated heterocycles. The number of hydrogen-bond acceptors (Lipinski definition) is 4. The third kappa shape index (κ3) is 4.66. The lowest BCUT2D eigenvalue weighted by atomic mass is 10.1. The zero-order chi connectivity index (χ0) is 19.8. The number of alkyl halides is 3. The van der Waals surface area contributed by atoms with E-state index in [0.29, 0.717) is 5.82 Å². The topological polar surface area (TPSA) is 74.0 Å². The summed E-state index contributed by atoms with van der Waals surface area (Å²) in [6, 6.07) is 7.52. The molecule has 144 valence electrons. The highest BCUT2D eigenvalue weighted by molar-refractivity contribution is 6.67. The fraction of sp³-hybridized carbons (Fsp3) is 0.353. The summed E-state index contributed by atoms with van der Waals surface area (Å²) in [5.74, 6) is 0.617. The fourth-order valence-corrected chi connectivity index (χ4v) is 2.68. The van der Waals surface area contributed by atoms with Crippen LogP contribution in [0.1, 0.15) is 25.5 Å². The number of aromatic nitrogens is 4. The lowest BCUT2D eigenvalue weighted by Gasteiger charge is -2.13. The molecule has 27 heavy (non-hydrogen) atoms. The predicted octanol–water partition coefficient (Wildman–Crippen LogP) is 4.80. The number of nitrogens with one attached hydrogen (secondary N) is 1. The van der Waals surface area contributed by atoms with E-state index in [-0.39, 0.29) is 12.5 Å². The smallest absolute Gasteiger partial charge is 0.412 e. The molecule has 2 heterocycles. The van der Waals surface area contributed by atoms with Gasteiger partial charge in [-0.05, 0) is 24.1 Å². The van der Waals surface area contributed by atoms with Gasteiger partial charge >= 0.3 is 6.09 Å². The molecule has 0 spiro atoms. The van der Waals surface area contributed by atoms with E-state index >= 15 is 0 Å². The average molecular weight is 431 g/mol. The van der Waals surface area contributed by atoms with Crippen molar-refractivity contribution in [2.45, 2.75) is 23.6 Å². The number of benzene rings is 1. The number of ether oxygens (including phenoxy) is 1. The Labute approximate surface area is 171 Å². The van der Waals surface area contributed by atoms with Gasteiger partial charge in [0, 0.05) is 13.1 Å². The highest BCUT2D eigenvalue weighted by Gasteiger charge is 2.23. The Morgan fingerprint density at radius 3 is 2.70 bits per heavy atom. The molecule has 1 amide bonds. The molecule has 7 nitrogen and oxygen atoms in total. The van der Waals surface area contributed by atoms with Crippen molar-refractivity contribution in [3.05, 3.63) is 36.3 Å². The molecule has 0 radical (unpaired) electrons. The van der Waals surface area contributed by atoms with Crippen molar-refractivity contribution in [1.29, 1.82) is 0 Å². The van der Waals surface area contributed by atoms with Gasteiger partial charge in [-0.1, -0.05) is 48.7 Å². The van der Waals surface area contributed by atoms with E-state index in [1.807, 2.05) is 43.7 Å². The Kier molecular flexibility index (Phi) is 5.55. The summed E-state index contributed by atoms with van der Waals surface area (Å²) in [7, 11) is 1.92. The van der Waals surface area contributed by atoms with Gasteiger partial charge in [-0.3, -0.25) is 5.32 Å². The molecule has 3 rings (SSSR count). The Morgan fingerprint density at radius 1 is 1.30 bits per heavy atom. The number of aryl methyl sites for hydroxylation is 1. The van der Waals surface area contributed by atoms with Crippen molar-refractivity contribution in [2.24, 2.45) is 7.05 Å². The third-order valence-corrected chi connectivity index (χ3v) is 4.20. The van der Waals surface area contributed by atoms with Gasteiger partial charge in [-0.15, -0.1) is 0 Å². The van der Waals surface area contributed by atoms with E-state index in [1.165, 1.54) is 0 Å². The Balaban J connectivity index is 1.92. The zero-order valence-corrected chi connectivity index (χ0v) is 17.2.